The molecule has 136 valence electrons. The second kappa shape index (κ2) is 6.43. The Kier molecular flexibility index (Phi) is 4.80. The molecule has 0 spiro atoms. The van der Waals surface area contributed by atoms with Gasteiger partial charge in [0.05, 0.1) is 24.9 Å². The van der Waals surface area contributed by atoms with E-state index in [2.05, 4.69) is 6.92 Å². The minimum Gasteiger partial charge on any atom is -0.463 e. The summed E-state index contributed by atoms with van der Waals surface area (Å²) in [5.41, 5.74) is -0.388. The molecule has 2 saturated heterocycles. The Morgan fingerprint density at radius 2 is 1.92 bits per heavy atom. The number of epoxide rings is 1. The largest absolute Gasteiger partial charge is 0.463 e. The fraction of sp³-hybridized carbons (Fsp3) is 0.842. The van der Waals surface area contributed by atoms with Crippen LogP contribution in [0.2, 0.25) is 0 Å². The van der Waals surface area contributed by atoms with Crippen LogP contribution >= 0.6 is 0 Å². The fourth-order valence-electron chi connectivity index (χ4n) is 3.79. The highest BCUT2D eigenvalue weighted by Crippen LogP contribution is 2.48. The normalized spacial score (nSPS) is 43.6. The van der Waals surface area contributed by atoms with Crippen molar-refractivity contribution in [2.45, 2.75) is 83.6 Å². The molecule has 6 atom stereocenters. The van der Waals surface area contributed by atoms with E-state index >= 15 is 0 Å². The molecule has 1 aliphatic carbocycles. The molecule has 1 saturated carbocycles. The van der Waals surface area contributed by atoms with Gasteiger partial charge in [-0.2, -0.15) is 0 Å². The Balaban J connectivity index is 1.53. The number of carbonyl (C=O) groups is 1. The van der Waals surface area contributed by atoms with Crippen LogP contribution in [0.4, 0.5) is 0 Å². The highest BCUT2D eigenvalue weighted by Gasteiger charge is 2.53. The summed E-state index contributed by atoms with van der Waals surface area (Å²) < 4.78 is 23.0. The van der Waals surface area contributed by atoms with Gasteiger partial charge in [0.25, 0.3) is 0 Å². The van der Waals surface area contributed by atoms with E-state index in [1.165, 1.54) is 12.5 Å². The van der Waals surface area contributed by atoms with Crippen molar-refractivity contribution in [2.75, 3.05) is 6.61 Å². The van der Waals surface area contributed by atoms with Gasteiger partial charge in [0.15, 0.2) is 5.79 Å². The van der Waals surface area contributed by atoms with Gasteiger partial charge in [0, 0.05) is 18.9 Å². The lowest BCUT2D eigenvalue weighted by molar-refractivity contribution is -0.304. The highest BCUT2D eigenvalue weighted by molar-refractivity contribution is 5.82. The van der Waals surface area contributed by atoms with E-state index in [9.17, 15) is 4.79 Å². The van der Waals surface area contributed by atoms with Gasteiger partial charge in [-0.05, 0) is 52.0 Å². The Bertz CT molecular complexity index is 514. The SMILES string of the molecule is CCOC(=O)/C=C/[C@]1(C)O[C@H]1C[C@H]1C[C@@H]([C@H]2C[C@@H]2C)OC(C)(C)O1. The minimum absolute atomic E-state index is 0.0827. The van der Waals surface area contributed by atoms with Crippen LogP contribution in [0.3, 0.4) is 0 Å². The van der Waals surface area contributed by atoms with Crippen molar-refractivity contribution in [1.29, 1.82) is 0 Å². The lowest BCUT2D eigenvalue weighted by atomic mass is 9.96. The first kappa shape index (κ1) is 17.9. The van der Waals surface area contributed by atoms with E-state index in [4.69, 9.17) is 18.9 Å². The van der Waals surface area contributed by atoms with Crippen LogP contribution in [0.5, 0.6) is 0 Å². The second-order valence-corrected chi connectivity index (χ2v) is 8.02. The predicted octanol–water partition coefficient (Wildman–Crippen LogP) is 3.22. The van der Waals surface area contributed by atoms with E-state index in [-0.39, 0.29) is 29.9 Å². The van der Waals surface area contributed by atoms with E-state index in [0.717, 1.165) is 18.8 Å². The summed E-state index contributed by atoms with van der Waals surface area (Å²) in [6.07, 6.45) is 6.79. The summed E-state index contributed by atoms with van der Waals surface area (Å²) >= 11 is 0. The summed E-state index contributed by atoms with van der Waals surface area (Å²) in [6.45, 7) is 10.5. The van der Waals surface area contributed by atoms with Gasteiger partial charge in [-0.1, -0.05) is 6.92 Å². The van der Waals surface area contributed by atoms with Crippen LogP contribution in [0.15, 0.2) is 12.2 Å². The molecule has 5 nitrogen and oxygen atoms in total. The molecule has 5 heteroatoms. The molecule has 24 heavy (non-hydrogen) atoms. The van der Waals surface area contributed by atoms with Gasteiger partial charge in [0.1, 0.15) is 5.60 Å². The molecular weight excluding hydrogens is 308 g/mol. The second-order valence-electron chi connectivity index (χ2n) is 8.02. The van der Waals surface area contributed by atoms with Gasteiger partial charge in [-0.25, -0.2) is 4.79 Å². The van der Waals surface area contributed by atoms with Crippen LogP contribution in [0, 0.1) is 11.8 Å². The maximum atomic E-state index is 11.4. The summed E-state index contributed by atoms with van der Waals surface area (Å²) in [5.74, 6) is 0.576. The first-order valence-corrected chi connectivity index (χ1v) is 9.12. The van der Waals surface area contributed by atoms with Crippen LogP contribution in [-0.4, -0.2) is 42.3 Å². The van der Waals surface area contributed by atoms with Crippen LogP contribution in [0.1, 0.15) is 53.9 Å². The van der Waals surface area contributed by atoms with Crippen LogP contribution < -0.4 is 0 Å². The van der Waals surface area contributed by atoms with E-state index in [1.807, 2.05) is 20.8 Å². The zero-order chi connectivity index (χ0) is 17.5. The first-order chi connectivity index (χ1) is 11.2. The number of hydrogen-bond acceptors (Lipinski definition) is 5. The minimum atomic E-state index is -0.540. The molecule has 0 unspecified atom stereocenters. The number of carbonyl (C=O) groups excluding carboxylic acids is 1. The molecule has 0 amide bonds. The topological polar surface area (TPSA) is 57.3 Å². The summed E-state index contributed by atoms with van der Waals surface area (Å²) in [5, 5.41) is 0. The fourth-order valence-corrected chi connectivity index (χ4v) is 3.79. The lowest BCUT2D eigenvalue weighted by Crippen LogP contribution is -2.46. The number of ether oxygens (including phenoxy) is 4. The molecule has 0 radical (unpaired) electrons. The third kappa shape index (κ3) is 4.19. The van der Waals surface area contributed by atoms with E-state index in [0.29, 0.717) is 12.5 Å². The highest BCUT2D eigenvalue weighted by atomic mass is 16.7. The summed E-state index contributed by atoms with van der Waals surface area (Å²) in [4.78, 5) is 11.4. The Hall–Kier alpha value is -0.910. The molecule has 0 bridgehead atoms. The third-order valence-corrected chi connectivity index (χ3v) is 5.32. The molecule has 0 aromatic rings. The maximum absolute atomic E-state index is 11.4. The number of hydrogen-bond donors (Lipinski definition) is 0. The molecule has 0 aromatic carbocycles. The zero-order valence-electron chi connectivity index (χ0n) is 15.4. The van der Waals surface area contributed by atoms with Gasteiger partial charge in [0.2, 0.25) is 0 Å². The third-order valence-electron chi connectivity index (χ3n) is 5.32. The summed E-state index contributed by atoms with van der Waals surface area (Å²) in [7, 11) is 0. The van der Waals surface area contributed by atoms with Crippen LogP contribution in [0.25, 0.3) is 0 Å². The van der Waals surface area contributed by atoms with Gasteiger partial charge >= 0.3 is 5.97 Å². The molecule has 0 N–H and O–H groups in total. The standard InChI is InChI=1S/C19H30O5/c1-6-21-17(20)7-8-19(5)16(24-19)11-13-10-15(14-9-12(14)2)23-18(3,4)22-13/h7-8,12-16H,6,9-11H2,1-5H3/b8-7+/t12-,13+,14-,15-,16-,19-/m0/s1. The smallest absolute Gasteiger partial charge is 0.330 e. The monoisotopic (exact) mass is 338 g/mol. The molecule has 3 aliphatic rings. The summed E-state index contributed by atoms with van der Waals surface area (Å²) in [6, 6.07) is 0. The lowest BCUT2D eigenvalue weighted by Gasteiger charge is -2.41. The average Bonchev–Trinajstić information content (AvgIpc) is 3.34. The zero-order valence-corrected chi connectivity index (χ0v) is 15.4. The van der Waals surface area contributed by atoms with E-state index < -0.39 is 5.79 Å². The molecule has 2 aliphatic heterocycles. The van der Waals surface area contributed by atoms with Crippen molar-refractivity contribution >= 4 is 5.97 Å². The molecule has 2 heterocycles. The van der Waals surface area contributed by atoms with Crippen molar-refractivity contribution < 1.29 is 23.7 Å². The Morgan fingerprint density at radius 1 is 1.21 bits per heavy atom. The quantitative estimate of drug-likeness (QED) is 0.423. The van der Waals surface area contributed by atoms with Crippen molar-refractivity contribution in [3.05, 3.63) is 12.2 Å². The van der Waals surface area contributed by atoms with Gasteiger partial charge in [-0.3, -0.25) is 0 Å². The number of rotatable bonds is 6. The molecule has 3 fully saturated rings. The molecular formula is C19H30O5. The van der Waals surface area contributed by atoms with Crippen molar-refractivity contribution in [1.82, 2.24) is 0 Å². The Labute approximate surface area is 144 Å². The van der Waals surface area contributed by atoms with Crippen molar-refractivity contribution in [3.63, 3.8) is 0 Å². The average molecular weight is 338 g/mol. The maximum Gasteiger partial charge on any atom is 0.330 e. The molecule has 3 rings (SSSR count). The van der Waals surface area contributed by atoms with Crippen molar-refractivity contribution in [3.8, 4) is 0 Å². The predicted molar refractivity (Wildman–Crippen MR) is 89.4 cm³/mol. The van der Waals surface area contributed by atoms with Gasteiger partial charge in [-0.15, -0.1) is 0 Å². The van der Waals surface area contributed by atoms with Crippen LogP contribution in [-0.2, 0) is 23.7 Å². The molecule has 0 aromatic heterocycles. The first-order valence-electron chi connectivity index (χ1n) is 9.12. The van der Waals surface area contributed by atoms with Crippen molar-refractivity contribution in [2.24, 2.45) is 11.8 Å². The van der Waals surface area contributed by atoms with Gasteiger partial charge < -0.3 is 18.9 Å². The Morgan fingerprint density at radius 3 is 2.54 bits per heavy atom. The number of esters is 1. The van der Waals surface area contributed by atoms with E-state index in [1.54, 1.807) is 13.0 Å².